The number of anilines is 1. The number of fused-ring (bicyclic) bond motifs is 1. The van der Waals surface area contributed by atoms with Crippen molar-refractivity contribution in [3.63, 3.8) is 0 Å². The molecule has 0 saturated heterocycles. The van der Waals surface area contributed by atoms with Crippen LogP contribution in [0.25, 0.3) is 16.3 Å². The van der Waals surface area contributed by atoms with E-state index >= 15 is 0 Å². The molecule has 138 valence electrons. The van der Waals surface area contributed by atoms with Crippen LogP contribution in [0.3, 0.4) is 0 Å². The number of benzene rings is 2. The number of aromatic nitrogens is 1. The quantitative estimate of drug-likeness (QED) is 0.664. The normalized spacial score (nSPS) is 10.9. The van der Waals surface area contributed by atoms with E-state index in [1.165, 1.54) is 22.3 Å². The van der Waals surface area contributed by atoms with Gasteiger partial charge in [0.1, 0.15) is 10.8 Å². The van der Waals surface area contributed by atoms with Gasteiger partial charge in [0.05, 0.1) is 10.2 Å². The molecule has 0 saturated carbocycles. The zero-order valence-corrected chi connectivity index (χ0v) is 15.8. The zero-order chi connectivity index (χ0) is 19.2. The Bertz CT molecular complexity index is 945. The molecule has 0 aliphatic heterocycles. The van der Waals surface area contributed by atoms with Crippen molar-refractivity contribution in [3.8, 4) is 5.75 Å². The molecule has 0 spiro atoms. The molecule has 2 aromatic carbocycles. The number of likely N-dealkylation sites (N-methyl/N-ethyl adjacent to an activating group) is 1. The molecule has 0 unspecified atom stereocenters. The number of thiazole rings is 1. The molecule has 3 rings (SSSR count). The first-order valence-corrected chi connectivity index (χ1v) is 9.10. The number of amides is 2. The molecule has 0 radical (unpaired) electrons. The SMILES string of the molecule is CN(C)C(=O)COc1ccc(NC(=O)/C=C/c2nc3ccccc3s2)cc1. The third-order valence-corrected chi connectivity index (χ3v) is 4.67. The van der Waals surface area contributed by atoms with Gasteiger partial charge in [-0.05, 0) is 42.5 Å². The number of nitrogens with zero attached hydrogens (tertiary/aromatic N) is 2. The molecule has 6 nitrogen and oxygen atoms in total. The Hall–Kier alpha value is -3.19. The van der Waals surface area contributed by atoms with Crippen LogP contribution >= 0.6 is 11.3 Å². The Morgan fingerprint density at radius 2 is 1.89 bits per heavy atom. The number of hydrogen-bond acceptors (Lipinski definition) is 5. The van der Waals surface area contributed by atoms with Gasteiger partial charge in [0.2, 0.25) is 5.91 Å². The van der Waals surface area contributed by atoms with Gasteiger partial charge < -0.3 is 15.0 Å². The van der Waals surface area contributed by atoms with Gasteiger partial charge >= 0.3 is 0 Å². The summed E-state index contributed by atoms with van der Waals surface area (Å²) in [6.07, 6.45) is 3.15. The van der Waals surface area contributed by atoms with E-state index in [-0.39, 0.29) is 18.4 Å². The molecular formula is C20H19N3O3S. The van der Waals surface area contributed by atoms with E-state index in [4.69, 9.17) is 4.74 Å². The van der Waals surface area contributed by atoms with E-state index in [2.05, 4.69) is 10.3 Å². The minimum atomic E-state index is -0.245. The summed E-state index contributed by atoms with van der Waals surface area (Å²) in [5, 5.41) is 3.56. The third-order valence-electron chi connectivity index (χ3n) is 3.67. The Balaban J connectivity index is 1.55. The van der Waals surface area contributed by atoms with E-state index in [9.17, 15) is 9.59 Å². The minimum absolute atomic E-state index is 0.0242. The fourth-order valence-corrected chi connectivity index (χ4v) is 3.07. The van der Waals surface area contributed by atoms with Crippen molar-refractivity contribution in [3.05, 3.63) is 59.6 Å². The molecule has 1 N–H and O–H groups in total. The van der Waals surface area contributed by atoms with Crippen LogP contribution in [0, 0.1) is 0 Å². The minimum Gasteiger partial charge on any atom is -0.484 e. The lowest BCUT2D eigenvalue weighted by Gasteiger charge is -2.11. The summed E-state index contributed by atoms with van der Waals surface area (Å²) < 4.78 is 6.48. The Kier molecular flexibility index (Phi) is 5.83. The van der Waals surface area contributed by atoms with Crippen LogP contribution in [-0.2, 0) is 9.59 Å². The third kappa shape index (κ3) is 5.15. The summed E-state index contributed by atoms with van der Waals surface area (Å²) in [6.45, 7) is -0.0242. The van der Waals surface area contributed by atoms with Crippen molar-refractivity contribution in [2.75, 3.05) is 26.0 Å². The lowest BCUT2D eigenvalue weighted by molar-refractivity contribution is -0.130. The smallest absolute Gasteiger partial charge is 0.259 e. The molecular weight excluding hydrogens is 362 g/mol. The van der Waals surface area contributed by atoms with Gasteiger partial charge in [-0.1, -0.05) is 12.1 Å². The van der Waals surface area contributed by atoms with E-state index < -0.39 is 0 Å². The van der Waals surface area contributed by atoms with Gasteiger partial charge in [0.25, 0.3) is 5.91 Å². The van der Waals surface area contributed by atoms with E-state index in [1.54, 1.807) is 44.4 Å². The van der Waals surface area contributed by atoms with Crippen LogP contribution in [0.1, 0.15) is 5.01 Å². The predicted molar refractivity (Wildman–Crippen MR) is 108 cm³/mol. The molecule has 7 heteroatoms. The van der Waals surface area contributed by atoms with Crippen LogP contribution in [-0.4, -0.2) is 42.4 Å². The molecule has 3 aromatic rings. The van der Waals surface area contributed by atoms with Crippen LogP contribution < -0.4 is 10.1 Å². The standard InChI is InChI=1S/C20H19N3O3S/c1-23(2)20(25)13-26-15-9-7-14(8-10-15)21-18(24)11-12-19-22-16-5-3-4-6-17(16)27-19/h3-12H,13H2,1-2H3,(H,21,24)/b12-11+. The maximum Gasteiger partial charge on any atom is 0.259 e. The van der Waals surface area contributed by atoms with Crippen LogP contribution in [0.15, 0.2) is 54.6 Å². The number of nitrogens with one attached hydrogen (secondary N) is 1. The topological polar surface area (TPSA) is 71.5 Å². The summed E-state index contributed by atoms with van der Waals surface area (Å²) in [6, 6.07) is 14.7. The number of carbonyl (C=O) groups is 2. The Morgan fingerprint density at radius 3 is 2.59 bits per heavy atom. The fourth-order valence-electron chi connectivity index (χ4n) is 2.20. The van der Waals surface area contributed by atoms with Crippen LogP contribution in [0.4, 0.5) is 5.69 Å². The summed E-state index contributed by atoms with van der Waals surface area (Å²) in [7, 11) is 3.35. The molecule has 0 aliphatic carbocycles. The maximum absolute atomic E-state index is 12.1. The number of carbonyl (C=O) groups excluding carboxylic acids is 2. The fraction of sp³-hybridized carbons (Fsp3) is 0.150. The van der Waals surface area contributed by atoms with Crippen molar-refractivity contribution in [2.24, 2.45) is 0 Å². The maximum atomic E-state index is 12.1. The number of hydrogen-bond donors (Lipinski definition) is 1. The highest BCUT2D eigenvalue weighted by Gasteiger charge is 2.05. The molecule has 0 aliphatic rings. The van der Waals surface area contributed by atoms with Gasteiger partial charge in [-0.15, -0.1) is 11.3 Å². The molecule has 2 amide bonds. The zero-order valence-electron chi connectivity index (χ0n) is 15.0. The highest BCUT2D eigenvalue weighted by Crippen LogP contribution is 2.22. The summed E-state index contributed by atoms with van der Waals surface area (Å²) in [4.78, 5) is 29.5. The summed E-state index contributed by atoms with van der Waals surface area (Å²) >= 11 is 1.53. The first-order chi connectivity index (χ1) is 13.0. The molecule has 0 bridgehead atoms. The lowest BCUT2D eigenvalue weighted by atomic mass is 10.3. The average Bonchev–Trinajstić information content (AvgIpc) is 3.08. The molecule has 0 atom stereocenters. The highest BCUT2D eigenvalue weighted by atomic mass is 32.1. The van der Waals surface area contributed by atoms with Gasteiger partial charge in [-0.3, -0.25) is 9.59 Å². The van der Waals surface area contributed by atoms with Crippen molar-refractivity contribution in [2.45, 2.75) is 0 Å². The lowest BCUT2D eigenvalue weighted by Crippen LogP contribution is -2.27. The second-order valence-corrected chi connectivity index (χ2v) is 7.01. The van der Waals surface area contributed by atoms with E-state index in [1.807, 2.05) is 24.3 Å². The summed E-state index contributed by atoms with van der Waals surface area (Å²) in [5.74, 6) is 0.200. The average molecular weight is 381 g/mol. The predicted octanol–water partition coefficient (Wildman–Crippen LogP) is 3.42. The van der Waals surface area contributed by atoms with Crippen LogP contribution in [0.5, 0.6) is 5.75 Å². The molecule has 0 fully saturated rings. The molecule has 1 heterocycles. The summed E-state index contributed by atoms with van der Waals surface area (Å²) in [5.41, 5.74) is 1.56. The van der Waals surface area contributed by atoms with Crippen molar-refractivity contribution in [1.82, 2.24) is 9.88 Å². The van der Waals surface area contributed by atoms with Gasteiger partial charge in [0, 0.05) is 25.9 Å². The largest absolute Gasteiger partial charge is 0.484 e. The second kappa shape index (κ2) is 8.46. The first kappa shape index (κ1) is 18.6. The Morgan fingerprint density at radius 1 is 1.15 bits per heavy atom. The molecule has 1 aromatic heterocycles. The van der Waals surface area contributed by atoms with Gasteiger partial charge in [0.15, 0.2) is 6.61 Å². The van der Waals surface area contributed by atoms with Crippen molar-refractivity contribution in [1.29, 1.82) is 0 Å². The second-order valence-electron chi connectivity index (χ2n) is 5.94. The van der Waals surface area contributed by atoms with E-state index in [0.717, 1.165) is 15.2 Å². The highest BCUT2D eigenvalue weighted by molar-refractivity contribution is 7.19. The van der Waals surface area contributed by atoms with Gasteiger partial charge in [-0.25, -0.2) is 4.98 Å². The number of rotatable bonds is 6. The first-order valence-electron chi connectivity index (χ1n) is 8.29. The monoisotopic (exact) mass is 381 g/mol. The van der Waals surface area contributed by atoms with Gasteiger partial charge in [-0.2, -0.15) is 0 Å². The number of para-hydroxylation sites is 1. The Labute approximate surface area is 161 Å². The number of ether oxygens (including phenoxy) is 1. The van der Waals surface area contributed by atoms with Crippen molar-refractivity contribution >= 4 is 45.1 Å². The molecule has 27 heavy (non-hydrogen) atoms. The van der Waals surface area contributed by atoms with Crippen LogP contribution in [0.2, 0.25) is 0 Å². The van der Waals surface area contributed by atoms with Crippen molar-refractivity contribution < 1.29 is 14.3 Å². The van der Waals surface area contributed by atoms with E-state index in [0.29, 0.717) is 11.4 Å².